The summed E-state index contributed by atoms with van der Waals surface area (Å²) in [4.78, 5) is 11.4. The van der Waals surface area contributed by atoms with Gasteiger partial charge in [0.25, 0.3) is 0 Å². The number of rotatable bonds is 3. The van der Waals surface area contributed by atoms with Crippen LogP contribution < -0.4 is 0 Å². The Balaban J connectivity index is 2.47. The third kappa shape index (κ3) is 3.51. The van der Waals surface area contributed by atoms with E-state index in [2.05, 4.69) is 0 Å². The summed E-state index contributed by atoms with van der Waals surface area (Å²) < 4.78 is 0. The van der Waals surface area contributed by atoms with Crippen LogP contribution in [-0.4, -0.2) is 5.24 Å². The Labute approximate surface area is 80.0 Å². The molecular weight excluding hydrogens is 192 g/mol. The monoisotopic (exact) mass is 198 g/mol. The zero-order chi connectivity index (χ0) is 8.81. The molecule has 62 valence electrons. The molecule has 1 rings (SSSR count). The van der Waals surface area contributed by atoms with Gasteiger partial charge >= 0.3 is 0 Å². The lowest BCUT2D eigenvalue weighted by molar-refractivity contribution is -0.107. The SMILES string of the molecule is O=C(Cl)C=CC=Cc1cccs1. The Kier molecular flexibility index (Phi) is 3.77. The van der Waals surface area contributed by atoms with E-state index in [0.29, 0.717) is 0 Å². The Morgan fingerprint density at radius 1 is 1.50 bits per heavy atom. The van der Waals surface area contributed by atoms with E-state index in [1.807, 2.05) is 23.6 Å². The van der Waals surface area contributed by atoms with E-state index in [4.69, 9.17) is 11.6 Å². The van der Waals surface area contributed by atoms with E-state index >= 15 is 0 Å². The fourth-order valence-corrected chi connectivity index (χ4v) is 1.37. The van der Waals surface area contributed by atoms with Crippen LogP contribution in [0.15, 0.2) is 35.7 Å². The number of carbonyl (C=O) groups excluding carboxylic acids is 1. The van der Waals surface area contributed by atoms with Crippen molar-refractivity contribution in [1.29, 1.82) is 0 Å². The van der Waals surface area contributed by atoms with Crippen LogP contribution in [0.25, 0.3) is 6.08 Å². The largest absolute Gasteiger partial charge is 0.276 e. The fourth-order valence-electron chi connectivity index (χ4n) is 0.668. The van der Waals surface area contributed by atoms with Gasteiger partial charge < -0.3 is 0 Å². The summed E-state index contributed by atoms with van der Waals surface area (Å²) in [7, 11) is 0. The van der Waals surface area contributed by atoms with Crippen molar-refractivity contribution in [3.8, 4) is 0 Å². The standard InChI is InChI=1S/C9H7ClOS/c10-9(11)6-2-1-4-8-5-3-7-12-8/h1-7H. The first-order chi connectivity index (χ1) is 5.79. The van der Waals surface area contributed by atoms with Crippen molar-refractivity contribution in [2.75, 3.05) is 0 Å². The lowest BCUT2D eigenvalue weighted by Gasteiger charge is -1.78. The molecule has 0 aliphatic heterocycles. The number of thiophene rings is 1. The minimum atomic E-state index is -0.453. The number of hydrogen-bond acceptors (Lipinski definition) is 2. The van der Waals surface area contributed by atoms with Gasteiger partial charge in [0, 0.05) is 4.88 Å². The minimum Gasteiger partial charge on any atom is -0.276 e. The third-order valence-electron chi connectivity index (χ3n) is 1.14. The molecular formula is C9H7ClOS. The van der Waals surface area contributed by atoms with Crippen LogP contribution in [0.2, 0.25) is 0 Å². The van der Waals surface area contributed by atoms with E-state index in [1.165, 1.54) is 6.08 Å². The highest BCUT2D eigenvalue weighted by atomic mass is 35.5. The molecule has 0 radical (unpaired) electrons. The molecule has 0 bridgehead atoms. The van der Waals surface area contributed by atoms with Gasteiger partial charge in [-0.1, -0.05) is 18.2 Å². The van der Waals surface area contributed by atoms with Gasteiger partial charge in [0.1, 0.15) is 0 Å². The Morgan fingerprint density at radius 3 is 2.92 bits per heavy atom. The number of allylic oxidation sites excluding steroid dienone is 3. The topological polar surface area (TPSA) is 17.1 Å². The second-order valence-corrected chi connectivity index (χ2v) is 3.39. The first kappa shape index (κ1) is 9.23. The molecule has 0 amide bonds. The molecule has 0 fully saturated rings. The maximum Gasteiger partial charge on any atom is 0.245 e. The summed E-state index contributed by atoms with van der Waals surface area (Å²) >= 11 is 6.72. The van der Waals surface area contributed by atoms with Crippen molar-refractivity contribution in [3.63, 3.8) is 0 Å². The summed E-state index contributed by atoms with van der Waals surface area (Å²) in [6.07, 6.45) is 6.63. The zero-order valence-corrected chi connectivity index (χ0v) is 7.81. The van der Waals surface area contributed by atoms with Crippen LogP contribution >= 0.6 is 22.9 Å². The molecule has 0 aliphatic rings. The van der Waals surface area contributed by atoms with Crippen LogP contribution in [0.3, 0.4) is 0 Å². The number of hydrogen-bond donors (Lipinski definition) is 0. The lowest BCUT2D eigenvalue weighted by Crippen LogP contribution is -1.71. The predicted molar refractivity (Wildman–Crippen MR) is 53.4 cm³/mol. The van der Waals surface area contributed by atoms with Crippen molar-refractivity contribution < 1.29 is 4.79 Å². The van der Waals surface area contributed by atoms with Crippen molar-refractivity contribution in [2.45, 2.75) is 0 Å². The van der Waals surface area contributed by atoms with Crippen molar-refractivity contribution >= 4 is 34.3 Å². The predicted octanol–water partition coefficient (Wildman–Crippen LogP) is 3.08. The second kappa shape index (κ2) is 4.91. The third-order valence-corrected chi connectivity index (χ3v) is 2.11. The first-order valence-corrected chi connectivity index (χ1v) is 4.62. The molecule has 3 heteroatoms. The summed E-state index contributed by atoms with van der Waals surface area (Å²) in [5, 5.41) is 1.54. The first-order valence-electron chi connectivity index (χ1n) is 3.37. The van der Waals surface area contributed by atoms with E-state index in [-0.39, 0.29) is 0 Å². The number of halogens is 1. The molecule has 0 N–H and O–H groups in total. The average molecular weight is 199 g/mol. The van der Waals surface area contributed by atoms with Crippen LogP contribution in [0, 0.1) is 0 Å². The van der Waals surface area contributed by atoms with Crippen molar-refractivity contribution in [1.82, 2.24) is 0 Å². The average Bonchev–Trinajstić information content (AvgIpc) is 2.49. The van der Waals surface area contributed by atoms with Crippen molar-refractivity contribution in [2.24, 2.45) is 0 Å². The quantitative estimate of drug-likeness (QED) is 0.415. The van der Waals surface area contributed by atoms with Gasteiger partial charge in [-0.25, -0.2) is 0 Å². The Hall–Kier alpha value is -0.860. The molecule has 0 unspecified atom stereocenters. The van der Waals surface area contributed by atoms with E-state index in [1.54, 1.807) is 23.5 Å². The molecule has 0 aromatic carbocycles. The van der Waals surface area contributed by atoms with E-state index in [9.17, 15) is 4.79 Å². The minimum absolute atomic E-state index is 0.453. The maximum atomic E-state index is 10.3. The van der Waals surface area contributed by atoms with Gasteiger partial charge in [0.2, 0.25) is 5.24 Å². The normalized spacial score (nSPS) is 11.4. The van der Waals surface area contributed by atoms with Gasteiger partial charge in [0.15, 0.2) is 0 Å². The summed E-state index contributed by atoms with van der Waals surface area (Å²) in [6.45, 7) is 0. The maximum absolute atomic E-state index is 10.3. The highest BCUT2D eigenvalue weighted by Gasteiger charge is 1.83. The zero-order valence-electron chi connectivity index (χ0n) is 6.24. The highest BCUT2D eigenvalue weighted by Crippen LogP contribution is 2.09. The summed E-state index contributed by atoms with van der Waals surface area (Å²) in [5.41, 5.74) is 0. The highest BCUT2D eigenvalue weighted by molar-refractivity contribution is 7.10. The van der Waals surface area contributed by atoms with Gasteiger partial charge in [-0.2, -0.15) is 0 Å². The van der Waals surface area contributed by atoms with Gasteiger partial charge in [-0.3, -0.25) is 4.79 Å². The fraction of sp³-hybridized carbons (Fsp3) is 0. The summed E-state index contributed by atoms with van der Waals surface area (Å²) in [5.74, 6) is 0. The molecule has 0 aliphatic carbocycles. The smallest absolute Gasteiger partial charge is 0.245 e. The molecule has 12 heavy (non-hydrogen) atoms. The molecule has 0 spiro atoms. The van der Waals surface area contributed by atoms with Crippen LogP contribution in [0.4, 0.5) is 0 Å². The molecule has 1 aromatic heterocycles. The van der Waals surface area contributed by atoms with Crippen LogP contribution in [0.5, 0.6) is 0 Å². The molecule has 0 atom stereocenters. The Bertz CT molecular complexity index is 298. The molecule has 1 nitrogen and oxygen atoms in total. The molecule has 0 saturated carbocycles. The molecule has 0 saturated heterocycles. The lowest BCUT2D eigenvalue weighted by atomic mass is 10.4. The van der Waals surface area contributed by atoms with Crippen molar-refractivity contribution in [3.05, 3.63) is 40.6 Å². The van der Waals surface area contributed by atoms with Crippen LogP contribution in [0.1, 0.15) is 4.88 Å². The molecule has 1 aromatic rings. The molecule has 1 heterocycles. The van der Waals surface area contributed by atoms with Crippen LogP contribution in [-0.2, 0) is 4.79 Å². The van der Waals surface area contributed by atoms with E-state index in [0.717, 1.165) is 4.88 Å². The summed E-state index contributed by atoms with van der Waals surface area (Å²) in [6, 6.07) is 3.97. The number of carbonyl (C=O) groups is 1. The Morgan fingerprint density at radius 2 is 2.33 bits per heavy atom. The second-order valence-electron chi connectivity index (χ2n) is 2.04. The van der Waals surface area contributed by atoms with E-state index < -0.39 is 5.24 Å². The van der Waals surface area contributed by atoms with Gasteiger partial charge in [-0.15, -0.1) is 11.3 Å². The van der Waals surface area contributed by atoms with Gasteiger partial charge in [0.05, 0.1) is 0 Å². The van der Waals surface area contributed by atoms with Gasteiger partial charge in [-0.05, 0) is 35.2 Å².